The average Bonchev–Trinajstić information content (AvgIpc) is 3.47. The molecule has 4 rings (SSSR count). The Balaban J connectivity index is 0.00000306. The van der Waals surface area contributed by atoms with Gasteiger partial charge in [0, 0.05) is 44.0 Å². The van der Waals surface area contributed by atoms with Gasteiger partial charge in [-0.05, 0) is 37.5 Å². The molecule has 3 heterocycles. The van der Waals surface area contributed by atoms with E-state index < -0.39 is 6.61 Å². The van der Waals surface area contributed by atoms with Crippen LogP contribution in [0, 0.1) is 0 Å². The van der Waals surface area contributed by atoms with E-state index >= 15 is 0 Å². The summed E-state index contributed by atoms with van der Waals surface area (Å²) in [6.45, 7) is 2.48. The van der Waals surface area contributed by atoms with E-state index in [2.05, 4.69) is 30.2 Å². The number of hydrogen-bond acceptors (Lipinski definition) is 6. The zero-order chi connectivity index (χ0) is 22.3. The van der Waals surface area contributed by atoms with Gasteiger partial charge in [-0.1, -0.05) is 6.07 Å². The highest BCUT2D eigenvalue weighted by Crippen LogP contribution is 2.38. The number of aromatic nitrogens is 1. The molecule has 0 saturated carbocycles. The minimum Gasteiger partial charge on any atom is -0.454 e. The molecule has 1 fully saturated rings. The molecule has 1 saturated heterocycles. The molecule has 0 bridgehead atoms. The molecule has 33 heavy (non-hydrogen) atoms. The summed E-state index contributed by atoms with van der Waals surface area (Å²) in [7, 11) is 0. The second-order valence-corrected chi connectivity index (χ2v) is 7.46. The summed E-state index contributed by atoms with van der Waals surface area (Å²) >= 11 is 0. The normalized spacial score (nSPS) is 14.9. The molecule has 2 aliphatic rings. The van der Waals surface area contributed by atoms with Crippen LogP contribution in [-0.2, 0) is 13.1 Å². The number of nitrogens with zero attached hydrogens (tertiary/aromatic N) is 3. The van der Waals surface area contributed by atoms with Crippen molar-refractivity contribution in [3.8, 4) is 17.2 Å². The topological polar surface area (TPSA) is 80.2 Å². The first-order valence-corrected chi connectivity index (χ1v) is 10.7. The average molecular weight is 575 g/mol. The van der Waals surface area contributed by atoms with E-state index in [1.165, 1.54) is 18.9 Å². The Hall–Kier alpha value is -2.57. The fourth-order valence-electron chi connectivity index (χ4n) is 3.64. The summed E-state index contributed by atoms with van der Waals surface area (Å²) < 4.78 is 41.0. The van der Waals surface area contributed by atoms with Crippen molar-refractivity contribution in [1.29, 1.82) is 0 Å². The molecule has 0 spiro atoms. The van der Waals surface area contributed by atoms with Crippen LogP contribution in [0.15, 0.2) is 35.5 Å². The monoisotopic (exact) mass is 575 g/mol. The second kappa shape index (κ2) is 12.1. The predicted octanol–water partition coefficient (Wildman–Crippen LogP) is 3.89. The molecular formula is C22H28F2IN5O3. The van der Waals surface area contributed by atoms with Crippen molar-refractivity contribution in [3.05, 3.63) is 41.6 Å². The summed E-state index contributed by atoms with van der Waals surface area (Å²) in [6.07, 6.45) is 4.25. The number of halogens is 3. The molecule has 2 aromatic rings. The largest absolute Gasteiger partial charge is 0.454 e. The number of alkyl halides is 2. The van der Waals surface area contributed by atoms with Crippen molar-refractivity contribution >= 4 is 35.8 Å². The molecule has 0 aliphatic carbocycles. The lowest BCUT2D eigenvalue weighted by Gasteiger charge is -2.16. The number of pyridine rings is 1. The SMILES string of the molecule is CCNC(=NCc1ccc(N2CCCC2)nc1)NCc1cc2c(cc1OC(F)F)OCO2.I. The van der Waals surface area contributed by atoms with E-state index in [1.54, 1.807) is 6.07 Å². The first kappa shape index (κ1) is 25.1. The number of ether oxygens (including phenoxy) is 3. The van der Waals surface area contributed by atoms with Gasteiger partial charge >= 0.3 is 6.61 Å². The van der Waals surface area contributed by atoms with E-state index in [0.29, 0.717) is 36.1 Å². The molecule has 2 aliphatic heterocycles. The van der Waals surface area contributed by atoms with E-state index in [1.807, 2.05) is 25.3 Å². The van der Waals surface area contributed by atoms with Crippen LogP contribution in [0.4, 0.5) is 14.6 Å². The van der Waals surface area contributed by atoms with Crippen molar-refractivity contribution in [2.75, 3.05) is 31.3 Å². The van der Waals surface area contributed by atoms with Gasteiger partial charge in [0.2, 0.25) is 6.79 Å². The molecule has 0 radical (unpaired) electrons. The minimum atomic E-state index is -2.94. The molecule has 11 heteroatoms. The van der Waals surface area contributed by atoms with Gasteiger partial charge in [0.15, 0.2) is 17.5 Å². The maximum absolute atomic E-state index is 12.8. The molecule has 1 aromatic carbocycles. The summed E-state index contributed by atoms with van der Waals surface area (Å²) in [6, 6.07) is 7.11. The highest BCUT2D eigenvalue weighted by Gasteiger charge is 2.20. The Morgan fingerprint density at radius 3 is 2.61 bits per heavy atom. The van der Waals surface area contributed by atoms with Crippen molar-refractivity contribution in [2.24, 2.45) is 4.99 Å². The lowest BCUT2D eigenvalue weighted by Crippen LogP contribution is -2.36. The number of nitrogens with one attached hydrogen (secondary N) is 2. The van der Waals surface area contributed by atoms with E-state index in [0.717, 1.165) is 24.5 Å². The number of fused-ring (bicyclic) bond motifs is 1. The molecule has 1 aromatic heterocycles. The number of rotatable bonds is 8. The fraction of sp³-hybridized carbons (Fsp3) is 0.455. The van der Waals surface area contributed by atoms with E-state index in [-0.39, 0.29) is 43.1 Å². The van der Waals surface area contributed by atoms with Crippen molar-refractivity contribution in [1.82, 2.24) is 15.6 Å². The lowest BCUT2D eigenvalue weighted by molar-refractivity contribution is -0.0505. The van der Waals surface area contributed by atoms with Crippen molar-refractivity contribution in [3.63, 3.8) is 0 Å². The van der Waals surface area contributed by atoms with Crippen LogP contribution < -0.4 is 29.7 Å². The van der Waals surface area contributed by atoms with Gasteiger partial charge in [-0.3, -0.25) is 0 Å². The number of benzene rings is 1. The third-order valence-corrected chi connectivity index (χ3v) is 5.22. The summed E-state index contributed by atoms with van der Waals surface area (Å²) in [5, 5.41) is 6.31. The van der Waals surface area contributed by atoms with Gasteiger partial charge in [-0.25, -0.2) is 9.98 Å². The van der Waals surface area contributed by atoms with E-state index in [4.69, 9.17) is 9.47 Å². The number of guanidine groups is 1. The Morgan fingerprint density at radius 1 is 1.18 bits per heavy atom. The Kier molecular flexibility index (Phi) is 9.15. The highest BCUT2D eigenvalue weighted by atomic mass is 127. The molecule has 8 nitrogen and oxygen atoms in total. The molecule has 0 unspecified atom stereocenters. The van der Waals surface area contributed by atoms with Crippen LogP contribution >= 0.6 is 24.0 Å². The zero-order valence-corrected chi connectivity index (χ0v) is 20.7. The predicted molar refractivity (Wildman–Crippen MR) is 132 cm³/mol. The first-order chi connectivity index (χ1) is 15.6. The standard InChI is InChI=1S/C22H27F2N5O3.HI/c1-2-25-22(27-12-15-5-6-20(26-11-15)29-7-3-4-8-29)28-13-16-9-18-19(31-14-30-18)10-17(16)32-21(23)24;/h5-6,9-11,21H,2-4,7-8,12-14H2,1H3,(H2,25,27,28);1H. The number of hydrogen-bond donors (Lipinski definition) is 2. The summed E-state index contributed by atoms with van der Waals surface area (Å²) in [5.74, 6) is 2.46. The maximum atomic E-state index is 12.8. The van der Waals surface area contributed by atoms with Crippen LogP contribution in [0.1, 0.15) is 30.9 Å². The third-order valence-electron chi connectivity index (χ3n) is 5.22. The van der Waals surface area contributed by atoms with Crippen LogP contribution in [-0.4, -0.2) is 44.0 Å². The minimum absolute atomic E-state index is 0. The summed E-state index contributed by atoms with van der Waals surface area (Å²) in [5.41, 5.74) is 1.49. The maximum Gasteiger partial charge on any atom is 0.387 e. The Bertz CT molecular complexity index is 940. The fourth-order valence-corrected chi connectivity index (χ4v) is 3.64. The van der Waals surface area contributed by atoms with Gasteiger partial charge in [-0.2, -0.15) is 8.78 Å². The van der Waals surface area contributed by atoms with Gasteiger partial charge in [-0.15, -0.1) is 24.0 Å². The van der Waals surface area contributed by atoms with Gasteiger partial charge in [0.25, 0.3) is 0 Å². The van der Waals surface area contributed by atoms with E-state index in [9.17, 15) is 8.78 Å². The quantitative estimate of drug-likeness (QED) is 0.281. The van der Waals surface area contributed by atoms with Gasteiger partial charge in [0.05, 0.1) is 6.54 Å². The van der Waals surface area contributed by atoms with Crippen molar-refractivity contribution in [2.45, 2.75) is 39.5 Å². The zero-order valence-electron chi connectivity index (χ0n) is 18.4. The highest BCUT2D eigenvalue weighted by molar-refractivity contribution is 14.0. The van der Waals surface area contributed by atoms with Crippen LogP contribution in [0.2, 0.25) is 0 Å². The summed E-state index contributed by atoms with van der Waals surface area (Å²) in [4.78, 5) is 11.4. The smallest absolute Gasteiger partial charge is 0.387 e. The first-order valence-electron chi connectivity index (χ1n) is 10.7. The second-order valence-electron chi connectivity index (χ2n) is 7.46. The molecule has 2 N–H and O–H groups in total. The molecule has 180 valence electrons. The van der Waals surface area contributed by atoms with Gasteiger partial charge < -0.3 is 29.7 Å². The number of anilines is 1. The Labute approximate surface area is 208 Å². The van der Waals surface area contributed by atoms with Crippen molar-refractivity contribution < 1.29 is 23.0 Å². The lowest BCUT2D eigenvalue weighted by atomic mass is 10.1. The molecular weight excluding hydrogens is 547 g/mol. The van der Waals surface area contributed by atoms with Gasteiger partial charge in [0.1, 0.15) is 11.6 Å². The van der Waals surface area contributed by atoms with Crippen LogP contribution in [0.25, 0.3) is 0 Å². The number of aliphatic imine (C=N–C) groups is 1. The Morgan fingerprint density at radius 2 is 1.94 bits per heavy atom. The molecule has 0 atom stereocenters. The van der Waals surface area contributed by atoms with Crippen LogP contribution in [0.3, 0.4) is 0 Å². The van der Waals surface area contributed by atoms with Crippen LogP contribution in [0.5, 0.6) is 17.2 Å². The third kappa shape index (κ3) is 6.71. The molecule has 0 amide bonds.